The first kappa shape index (κ1) is 22.3. The quantitative estimate of drug-likeness (QED) is 0.476. The second-order valence-corrected chi connectivity index (χ2v) is 7.53. The van der Waals surface area contributed by atoms with Crippen LogP contribution in [0.25, 0.3) is 0 Å². The highest BCUT2D eigenvalue weighted by Crippen LogP contribution is 2.29. The molecule has 3 aromatic rings. The fourth-order valence-corrected chi connectivity index (χ4v) is 3.56. The van der Waals surface area contributed by atoms with E-state index >= 15 is 0 Å². The highest BCUT2D eigenvalue weighted by atomic mass is 32.1. The van der Waals surface area contributed by atoms with Gasteiger partial charge in [0, 0.05) is 17.3 Å². The van der Waals surface area contributed by atoms with Gasteiger partial charge in [0.25, 0.3) is 11.8 Å². The van der Waals surface area contributed by atoms with E-state index in [0.29, 0.717) is 15.4 Å². The summed E-state index contributed by atoms with van der Waals surface area (Å²) in [6.45, 7) is 0.231. The Kier molecular flexibility index (Phi) is 6.59. The molecule has 0 aliphatic carbocycles. The van der Waals surface area contributed by atoms with E-state index in [1.54, 1.807) is 13.0 Å². The second kappa shape index (κ2) is 9.17. The lowest BCUT2D eigenvalue weighted by molar-refractivity contribution is -0.153. The number of aryl methyl sites for hydroxylation is 1. The molecule has 10 heteroatoms. The number of alkyl halides is 3. The van der Waals surface area contributed by atoms with Crippen LogP contribution in [0.5, 0.6) is 5.75 Å². The van der Waals surface area contributed by atoms with Crippen molar-refractivity contribution in [1.29, 1.82) is 0 Å². The molecule has 0 aliphatic rings. The maximum absolute atomic E-state index is 13.3. The van der Waals surface area contributed by atoms with Crippen LogP contribution in [-0.2, 0) is 0 Å². The Hall–Kier alpha value is -3.40. The molecule has 0 aliphatic heterocycles. The van der Waals surface area contributed by atoms with E-state index in [4.69, 9.17) is 0 Å². The minimum atomic E-state index is -4.47. The van der Waals surface area contributed by atoms with Crippen LogP contribution in [0, 0.1) is 12.7 Å². The summed E-state index contributed by atoms with van der Waals surface area (Å²) in [4.78, 5) is 25.1. The maximum Gasteiger partial charge on any atom is 0.422 e. The van der Waals surface area contributed by atoms with Crippen LogP contribution < -0.4 is 15.4 Å². The Morgan fingerprint density at radius 3 is 2.45 bits per heavy atom. The van der Waals surface area contributed by atoms with Gasteiger partial charge in [-0.05, 0) is 48.9 Å². The molecule has 0 atom stereocenters. The molecular weight excluding hydrogens is 436 g/mol. The largest absolute Gasteiger partial charge is 0.484 e. The molecule has 0 fully saturated rings. The highest BCUT2D eigenvalue weighted by Gasteiger charge is 2.28. The molecule has 0 unspecified atom stereocenters. The molecule has 31 heavy (non-hydrogen) atoms. The van der Waals surface area contributed by atoms with Crippen LogP contribution in [-0.4, -0.2) is 24.6 Å². The predicted molar refractivity (Wildman–Crippen MR) is 109 cm³/mol. The van der Waals surface area contributed by atoms with Gasteiger partial charge in [-0.15, -0.1) is 11.3 Å². The Balaban J connectivity index is 1.68. The van der Waals surface area contributed by atoms with Gasteiger partial charge >= 0.3 is 6.18 Å². The lowest BCUT2D eigenvalue weighted by Crippen LogP contribution is -2.19. The first-order valence-electron chi connectivity index (χ1n) is 8.89. The number of anilines is 2. The van der Waals surface area contributed by atoms with E-state index < -0.39 is 30.4 Å². The predicted octanol–water partition coefficient (Wildman–Crippen LogP) is 5.64. The van der Waals surface area contributed by atoms with Gasteiger partial charge < -0.3 is 15.4 Å². The van der Waals surface area contributed by atoms with Crippen molar-refractivity contribution in [3.8, 4) is 5.75 Å². The summed E-state index contributed by atoms with van der Waals surface area (Å²) in [6.07, 6.45) is -4.47. The number of nitrogens with one attached hydrogen (secondary N) is 2. The van der Waals surface area contributed by atoms with Crippen molar-refractivity contribution in [3.63, 3.8) is 0 Å². The van der Waals surface area contributed by atoms with Crippen molar-refractivity contribution >= 4 is 33.8 Å². The number of ether oxygens (including phenoxy) is 1. The lowest BCUT2D eigenvalue weighted by atomic mass is 10.2. The van der Waals surface area contributed by atoms with Crippen molar-refractivity contribution in [2.24, 2.45) is 0 Å². The van der Waals surface area contributed by atoms with E-state index in [2.05, 4.69) is 15.4 Å². The van der Waals surface area contributed by atoms with Crippen molar-refractivity contribution in [3.05, 3.63) is 76.4 Å². The Labute approximate surface area is 178 Å². The third-order valence-electron chi connectivity index (χ3n) is 3.94. The average molecular weight is 452 g/mol. The molecule has 0 bridgehead atoms. The molecule has 162 valence electrons. The maximum atomic E-state index is 13.3. The molecule has 0 spiro atoms. The van der Waals surface area contributed by atoms with Crippen molar-refractivity contribution in [2.75, 3.05) is 17.2 Å². The van der Waals surface area contributed by atoms with Crippen LogP contribution in [0.3, 0.4) is 0 Å². The van der Waals surface area contributed by atoms with Crippen LogP contribution in [0.15, 0.2) is 54.6 Å². The SMILES string of the molecule is Cc1cc(NC(=O)c2cccc(F)c2)sc1C(=O)Nc1cccc(OCC(F)(F)F)c1. The van der Waals surface area contributed by atoms with Gasteiger partial charge in [-0.25, -0.2) is 4.39 Å². The second-order valence-electron chi connectivity index (χ2n) is 6.47. The summed E-state index contributed by atoms with van der Waals surface area (Å²) in [5.41, 5.74) is 0.970. The monoisotopic (exact) mass is 452 g/mol. The summed E-state index contributed by atoms with van der Waals surface area (Å²) in [5.74, 6) is -1.61. The Morgan fingerprint density at radius 2 is 1.74 bits per heavy atom. The van der Waals surface area contributed by atoms with Crippen LogP contribution in [0.2, 0.25) is 0 Å². The molecule has 0 saturated carbocycles. The van der Waals surface area contributed by atoms with E-state index in [-0.39, 0.29) is 17.0 Å². The number of hydrogen-bond donors (Lipinski definition) is 2. The summed E-state index contributed by atoms with van der Waals surface area (Å²) < 4.78 is 54.9. The molecule has 3 rings (SSSR count). The molecule has 0 saturated heterocycles. The third kappa shape index (κ3) is 6.29. The number of carbonyl (C=O) groups is 2. The van der Waals surface area contributed by atoms with Crippen LogP contribution >= 0.6 is 11.3 Å². The van der Waals surface area contributed by atoms with Crippen molar-refractivity contribution < 1.29 is 31.9 Å². The standard InChI is InChI=1S/C21H16F4N2O3S/c1-12-8-17(27-19(28)13-4-2-5-14(22)9-13)31-18(12)20(29)26-15-6-3-7-16(10-15)30-11-21(23,24)25/h2-10H,11H2,1H3,(H,26,29)(H,27,28). The fourth-order valence-electron chi connectivity index (χ4n) is 2.60. The van der Waals surface area contributed by atoms with Gasteiger partial charge in [0.1, 0.15) is 11.6 Å². The van der Waals surface area contributed by atoms with Crippen molar-refractivity contribution in [1.82, 2.24) is 0 Å². The molecular formula is C21H16F4N2O3S. The normalized spacial score (nSPS) is 11.1. The number of carbonyl (C=O) groups excluding carboxylic acids is 2. The van der Waals surface area contributed by atoms with E-state index in [1.165, 1.54) is 42.5 Å². The summed E-state index contributed by atoms with van der Waals surface area (Å²) in [6, 6.07) is 12.4. The average Bonchev–Trinajstić information content (AvgIpc) is 3.06. The number of halogens is 4. The van der Waals surface area contributed by atoms with Crippen LogP contribution in [0.4, 0.5) is 28.3 Å². The van der Waals surface area contributed by atoms with E-state index in [9.17, 15) is 27.2 Å². The fraction of sp³-hybridized carbons (Fsp3) is 0.143. The molecule has 2 N–H and O–H groups in total. The van der Waals surface area contributed by atoms with Gasteiger partial charge in [-0.1, -0.05) is 12.1 Å². The van der Waals surface area contributed by atoms with E-state index in [0.717, 1.165) is 17.4 Å². The first-order valence-corrected chi connectivity index (χ1v) is 9.71. The van der Waals surface area contributed by atoms with Gasteiger partial charge in [-0.3, -0.25) is 9.59 Å². The smallest absolute Gasteiger partial charge is 0.422 e. The zero-order valence-electron chi connectivity index (χ0n) is 16.0. The Morgan fingerprint density at radius 1 is 1.00 bits per heavy atom. The third-order valence-corrected chi connectivity index (χ3v) is 5.09. The molecule has 1 heterocycles. The Bertz CT molecular complexity index is 1110. The number of hydrogen-bond acceptors (Lipinski definition) is 4. The van der Waals surface area contributed by atoms with Gasteiger partial charge in [0.2, 0.25) is 0 Å². The molecule has 2 amide bonds. The van der Waals surface area contributed by atoms with Gasteiger partial charge in [-0.2, -0.15) is 13.2 Å². The topological polar surface area (TPSA) is 67.4 Å². The minimum Gasteiger partial charge on any atom is -0.484 e. The lowest BCUT2D eigenvalue weighted by Gasteiger charge is -2.10. The van der Waals surface area contributed by atoms with Gasteiger partial charge in [0.05, 0.1) is 9.88 Å². The number of thiophene rings is 1. The number of rotatable bonds is 6. The van der Waals surface area contributed by atoms with Crippen LogP contribution in [0.1, 0.15) is 25.6 Å². The summed E-state index contributed by atoms with van der Waals surface area (Å²) in [5, 5.41) is 5.59. The number of amides is 2. The summed E-state index contributed by atoms with van der Waals surface area (Å²) >= 11 is 1.01. The van der Waals surface area contributed by atoms with E-state index in [1.807, 2.05) is 0 Å². The summed E-state index contributed by atoms with van der Waals surface area (Å²) in [7, 11) is 0. The first-order chi connectivity index (χ1) is 14.6. The molecule has 0 radical (unpaired) electrons. The zero-order valence-corrected chi connectivity index (χ0v) is 16.9. The zero-order chi connectivity index (χ0) is 22.6. The molecule has 5 nitrogen and oxygen atoms in total. The molecule has 1 aromatic heterocycles. The molecule has 2 aromatic carbocycles. The van der Waals surface area contributed by atoms with Crippen molar-refractivity contribution in [2.45, 2.75) is 13.1 Å². The highest BCUT2D eigenvalue weighted by molar-refractivity contribution is 7.18. The van der Waals surface area contributed by atoms with Gasteiger partial charge in [0.15, 0.2) is 6.61 Å². The number of benzene rings is 2. The minimum absolute atomic E-state index is 0.0407.